The third-order valence-corrected chi connectivity index (χ3v) is 4.65. The molecule has 2 aromatic carbocycles. The molecule has 2 heterocycles. The summed E-state index contributed by atoms with van der Waals surface area (Å²) in [5.41, 5.74) is 2.60. The fourth-order valence-corrected chi connectivity index (χ4v) is 3.18. The van der Waals surface area contributed by atoms with Crippen LogP contribution in [0.4, 0.5) is 5.69 Å². The Balaban J connectivity index is 1.46. The lowest BCUT2D eigenvalue weighted by molar-refractivity contribution is -0.116. The summed E-state index contributed by atoms with van der Waals surface area (Å²) in [6.45, 7) is -0.149. The van der Waals surface area contributed by atoms with Crippen LogP contribution in [0, 0.1) is 0 Å². The first-order chi connectivity index (χ1) is 13.5. The molecule has 0 bridgehead atoms. The minimum absolute atomic E-state index is 0.149. The highest BCUT2D eigenvalue weighted by atomic mass is 16.3. The van der Waals surface area contributed by atoms with Crippen LogP contribution in [-0.2, 0) is 24.9 Å². The van der Waals surface area contributed by atoms with Gasteiger partial charge in [0.15, 0.2) is 0 Å². The minimum atomic E-state index is -0.207. The average molecular weight is 377 g/mol. The number of H-pyrrole nitrogens is 1. The second-order valence-corrected chi connectivity index (χ2v) is 6.53. The number of fused-ring (bicyclic) bond motifs is 2. The number of aromatic amines is 1. The maximum atomic E-state index is 12.3. The van der Waals surface area contributed by atoms with E-state index in [9.17, 15) is 14.7 Å². The van der Waals surface area contributed by atoms with E-state index in [4.69, 9.17) is 0 Å². The van der Waals surface area contributed by atoms with E-state index in [2.05, 4.69) is 20.3 Å². The second kappa shape index (κ2) is 7.24. The van der Waals surface area contributed by atoms with Crippen molar-refractivity contribution in [1.29, 1.82) is 0 Å². The maximum absolute atomic E-state index is 12.3. The third kappa shape index (κ3) is 3.37. The number of aryl methyl sites for hydroxylation is 2. The molecule has 0 fully saturated rings. The Kier molecular flexibility index (Phi) is 4.62. The lowest BCUT2D eigenvalue weighted by Crippen LogP contribution is -2.16. The van der Waals surface area contributed by atoms with Crippen LogP contribution in [0.15, 0.2) is 47.3 Å². The predicted octanol–water partition coefficient (Wildman–Crippen LogP) is 1.87. The van der Waals surface area contributed by atoms with Crippen LogP contribution in [0.1, 0.15) is 18.1 Å². The zero-order valence-corrected chi connectivity index (χ0v) is 15.3. The highest BCUT2D eigenvalue weighted by molar-refractivity contribution is 5.93. The number of para-hydroxylation sites is 1. The first-order valence-electron chi connectivity index (χ1n) is 8.89. The predicted molar refractivity (Wildman–Crippen MR) is 106 cm³/mol. The molecule has 0 aliphatic rings. The van der Waals surface area contributed by atoms with Gasteiger partial charge in [-0.05, 0) is 30.3 Å². The van der Waals surface area contributed by atoms with Gasteiger partial charge in [-0.2, -0.15) is 0 Å². The number of benzene rings is 2. The first kappa shape index (κ1) is 17.9. The molecule has 0 saturated heterocycles. The van der Waals surface area contributed by atoms with Crippen molar-refractivity contribution in [3.05, 3.63) is 64.5 Å². The summed E-state index contributed by atoms with van der Waals surface area (Å²) in [4.78, 5) is 35.9. The van der Waals surface area contributed by atoms with Crippen LogP contribution in [-0.4, -0.2) is 30.5 Å². The zero-order chi connectivity index (χ0) is 19.7. The van der Waals surface area contributed by atoms with Crippen LogP contribution >= 0.6 is 0 Å². The molecule has 0 aliphatic heterocycles. The SMILES string of the molecule is Cn1c(CO)nc2cc(NC(=O)CCc3nc4ccccc4c(=O)[nH]3)ccc21. The fourth-order valence-electron chi connectivity index (χ4n) is 3.18. The van der Waals surface area contributed by atoms with Crippen LogP contribution in [0.2, 0.25) is 0 Å². The van der Waals surface area contributed by atoms with Crippen molar-refractivity contribution in [2.45, 2.75) is 19.4 Å². The van der Waals surface area contributed by atoms with Crippen LogP contribution in [0.5, 0.6) is 0 Å². The van der Waals surface area contributed by atoms with E-state index in [0.717, 1.165) is 5.52 Å². The molecule has 0 spiro atoms. The second-order valence-electron chi connectivity index (χ2n) is 6.53. The quantitative estimate of drug-likeness (QED) is 0.491. The number of hydrogen-bond acceptors (Lipinski definition) is 5. The maximum Gasteiger partial charge on any atom is 0.258 e. The van der Waals surface area contributed by atoms with Gasteiger partial charge in [0.2, 0.25) is 5.91 Å². The summed E-state index contributed by atoms with van der Waals surface area (Å²) in [5, 5.41) is 12.7. The number of hydrogen-bond donors (Lipinski definition) is 3. The van der Waals surface area contributed by atoms with Crippen LogP contribution < -0.4 is 10.9 Å². The number of imidazole rings is 1. The van der Waals surface area contributed by atoms with Gasteiger partial charge in [-0.3, -0.25) is 9.59 Å². The molecule has 8 nitrogen and oxygen atoms in total. The Hall–Kier alpha value is -3.52. The summed E-state index contributed by atoms with van der Waals surface area (Å²) >= 11 is 0. The number of aliphatic hydroxyl groups is 1. The van der Waals surface area contributed by atoms with E-state index in [0.29, 0.717) is 40.2 Å². The summed E-state index contributed by atoms with van der Waals surface area (Å²) in [6.07, 6.45) is 0.510. The standard InChI is InChI=1S/C20H19N5O3/c1-25-16-7-6-12(10-15(16)23-18(25)11-26)21-19(27)9-8-17-22-14-5-3-2-4-13(14)20(28)24-17/h2-7,10,26H,8-9,11H2,1H3,(H,21,27)(H,22,24,28). The first-order valence-corrected chi connectivity index (χ1v) is 8.89. The van der Waals surface area contributed by atoms with Crippen molar-refractivity contribution in [1.82, 2.24) is 19.5 Å². The number of aromatic nitrogens is 4. The molecule has 3 N–H and O–H groups in total. The number of carbonyl (C=O) groups is 1. The zero-order valence-electron chi connectivity index (χ0n) is 15.3. The summed E-state index contributed by atoms with van der Waals surface area (Å²) < 4.78 is 1.81. The minimum Gasteiger partial charge on any atom is -0.388 e. The Morgan fingerprint density at radius 3 is 2.82 bits per heavy atom. The molecule has 8 heteroatoms. The van der Waals surface area contributed by atoms with Crippen molar-refractivity contribution >= 4 is 33.5 Å². The molecule has 0 unspecified atom stereocenters. The van der Waals surface area contributed by atoms with E-state index in [1.807, 2.05) is 23.7 Å². The lowest BCUT2D eigenvalue weighted by atomic mass is 10.2. The van der Waals surface area contributed by atoms with Gasteiger partial charge in [0.25, 0.3) is 5.56 Å². The van der Waals surface area contributed by atoms with Crippen molar-refractivity contribution in [3.8, 4) is 0 Å². The Bertz CT molecular complexity index is 1240. The number of nitrogens with one attached hydrogen (secondary N) is 2. The largest absolute Gasteiger partial charge is 0.388 e. The van der Waals surface area contributed by atoms with Gasteiger partial charge in [0.05, 0.1) is 21.9 Å². The van der Waals surface area contributed by atoms with Gasteiger partial charge >= 0.3 is 0 Å². The van der Waals surface area contributed by atoms with Gasteiger partial charge in [-0.1, -0.05) is 12.1 Å². The van der Waals surface area contributed by atoms with E-state index in [1.54, 1.807) is 30.3 Å². The van der Waals surface area contributed by atoms with Crippen molar-refractivity contribution in [3.63, 3.8) is 0 Å². The van der Waals surface area contributed by atoms with E-state index in [1.165, 1.54) is 0 Å². The number of nitrogens with zero attached hydrogens (tertiary/aromatic N) is 3. The van der Waals surface area contributed by atoms with Gasteiger partial charge in [0, 0.05) is 25.6 Å². The molecule has 0 atom stereocenters. The number of aliphatic hydroxyl groups excluding tert-OH is 1. The topological polar surface area (TPSA) is 113 Å². The lowest BCUT2D eigenvalue weighted by Gasteiger charge is -2.06. The summed E-state index contributed by atoms with van der Waals surface area (Å²) in [6, 6.07) is 12.5. The molecular weight excluding hydrogens is 358 g/mol. The molecule has 4 rings (SSSR count). The molecule has 2 aromatic heterocycles. The number of rotatable bonds is 5. The smallest absolute Gasteiger partial charge is 0.258 e. The molecule has 0 radical (unpaired) electrons. The number of carbonyl (C=O) groups excluding carboxylic acids is 1. The molecular formula is C20H19N5O3. The molecule has 28 heavy (non-hydrogen) atoms. The van der Waals surface area contributed by atoms with E-state index in [-0.39, 0.29) is 24.5 Å². The number of anilines is 1. The van der Waals surface area contributed by atoms with Gasteiger partial charge in [-0.25, -0.2) is 9.97 Å². The Morgan fingerprint density at radius 1 is 1.18 bits per heavy atom. The van der Waals surface area contributed by atoms with Gasteiger partial charge in [-0.15, -0.1) is 0 Å². The normalized spacial score (nSPS) is 11.2. The van der Waals surface area contributed by atoms with Crippen LogP contribution in [0.3, 0.4) is 0 Å². The molecule has 142 valence electrons. The molecule has 0 aliphatic carbocycles. The molecule has 4 aromatic rings. The van der Waals surface area contributed by atoms with Crippen molar-refractivity contribution in [2.75, 3.05) is 5.32 Å². The van der Waals surface area contributed by atoms with Crippen molar-refractivity contribution in [2.24, 2.45) is 7.05 Å². The molecule has 1 amide bonds. The molecule has 0 saturated carbocycles. The Morgan fingerprint density at radius 2 is 2.00 bits per heavy atom. The van der Waals surface area contributed by atoms with Crippen LogP contribution in [0.25, 0.3) is 21.9 Å². The Labute approximate surface area is 159 Å². The summed E-state index contributed by atoms with van der Waals surface area (Å²) in [5.74, 6) is 0.852. The fraction of sp³-hybridized carbons (Fsp3) is 0.200. The van der Waals surface area contributed by atoms with E-state index >= 15 is 0 Å². The summed E-state index contributed by atoms with van der Waals surface area (Å²) in [7, 11) is 1.83. The number of amides is 1. The van der Waals surface area contributed by atoms with Crippen molar-refractivity contribution < 1.29 is 9.90 Å². The average Bonchev–Trinajstić information content (AvgIpc) is 3.01. The monoisotopic (exact) mass is 377 g/mol. The highest BCUT2D eigenvalue weighted by Crippen LogP contribution is 2.20. The highest BCUT2D eigenvalue weighted by Gasteiger charge is 2.10. The van der Waals surface area contributed by atoms with E-state index < -0.39 is 0 Å². The van der Waals surface area contributed by atoms with Gasteiger partial charge < -0.3 is 20.0 Å². The van der Waals surface area contributed by atoms with Gasteiger partial charge in [0.1, 0.15) is 18.3 Å². The third-order valence-electron chi connectivity index (χ3n) is 4.65.